The van der Waals surface area contributed by atoms with Crippen molar-refractivity contribution in [3.8, 4) is 0 Å². The van der Waals surface area contributed by atoms with E-state index in [0.717, 1.165) is 13.1 Å². The molecule has 2 N–H and O–H groups in total. The van der Waals surface area contributed by atoms with Gasteiger partial charge in [0.15, 0.2) is 0 Å². The number of aryl methyl sites for hydroxylation is 1. The van der Waals surface area contributed by atoms with Crippen molar-refractivity contribution < 1.29 is 13.6 Å². The van der Waals surface area contributed by atoms with E-state index in [1.165, 1.54) is 42.7 Å². The Morgan fingerprint density at radius 3 is 2.59 bits per heavy atom. The Morgan fingerprint density at radius 2 is 1.91 bits per heavy atom. The van der Waals surface area contributed by atoms with Crippen LogP contribution in [0, 0.1) is 11.6 Å². The van der Waals surface area contributed by atoms with Gasteiger partial charge in [0.2, 0.25) is 5.43 Å². The van der Waals surface area contributed by atoms with Crippen molar-refractivity contribution in [3.05, 3.63) is 75.6 Å². The number of carbonyl (C=O) groups excluding carboxylic acids is 1. The molecule has 0 saturated carbocycles. The average Bonchev–Trinajstić information content (AvgIpc) is 2.81. The third-order valence-corrected chi connectivity index (χ3v) is 5.44. The van der Waals surface area contributed by atoms with Crippen molar-refractivity contribution in [2.45, 2.75) is 13.5 Å². The first kappa shape index (κ1) is 21.6. The molecule has 1 aromatic heterocycles. The second-order valence-corrected chi connectivity index (χ2v) is 7.47. The smallest absolute Gasteiger partial charge is 0.276 e. The van der Waals surface area contributed by atoms with Gasteiger partial charge in [0.1, 0.15) is 17.2 Å². The largest absolute Gasteiger partial charge is 0.367 e. The fraction of sp³-hybridized carbons (Fsp3) is 0.261. The number of amides is 1. The topological polar surface area (TPSA) is 78.7 Å². The van der Waals surface area contributed by atoms with Crippen LogP contribution in [-0.4, -0.2) is 42.9 Å². The molecule has 2 heterocycles. The highest BCUT2D eigenvalue weighted by Crippen LogP contribution is 2.25. The highest BCUT2D eigenvalue weighted by atomic mass is 19.1. The van der Waals surface area contributed by atoms with E-state index in [-0.39, 0.29) is 16.8 Å². The normalized spacial score (nSPS) is 14.3. The van der Waals surface area contributed by atoms with Gasteiger partial charge >= 0.3 is 0 Å². The van der Waals surface area contributed by atoms with E-state index in [4.69, 9.17) is 0 Å². The summed E-state index contributed by atoms with van der Waals surface area (Å²) in [5.41, 5.74) is 3.21. The molecule has 1 saturated heterocycles. The lowest BCUT2D eigenvalue weighted by atomic mass is 10.1. The van der Waals surface area contributed by atoms with Gasteiger partial charge in [-0.2, -0.15) is 5.10 Å². The molecule has 0 bridgehead atoms. The van der Waals surface area contributed by atoms with Crippen LogP contribution in [0.15, 0.2) is 52.5 Å². The Morgan fingerprint density at radius 1 is 1.19 bits per heavy atom. The lowest BCUT2D eigenvalue weighted by Crippen LogP contribution is -2.43. The summed E-state index contributed by atoms with van der Waals surface area (Å²) in [4.78, 5) is 27.5. The second kappa shape index (κ2) is 9.27. The van der Waals surface area contributed by atoms with Gasteiger partial charge in [-0.25, -0.2) is 14.2 Å². The third kappa shape index (κ3) is 4.38. The summed E-state index contributed by atoms with van der Waals surface area (Å²) in [7, 11) is 0. The highest BCUT2D eigenvalue weighted by molar-refractivity contribution is 5.98. The van der Waals surface area contributed by atoms with Gasteiger partial charge in [-0.1, -0.05) is 12.1 Å². The number of aromatic nitrogens is 1. The van der Waals surface area contributed by atoms with Crippen LogP contribution in [0.4, 0.5) is 14.5 Å². The van der Waals surface area contributed by atoms with Crippen LogP contribution >= 0.6 is 0 Å². The fourth-order valence-electron chi connectivity index (χ4n) is 3.75. The zero-order valence-corrected chi connectivity index (χ0v) is 17.6. The molecular weight excluding hydrogens is 416 g/mol. The summed E-state index contributed by atoms with van der Waals surface area (Å²) >= 11 is 0. The molecule has 0 radical (unpaired) electrons. The minimum atomic E-state index is -0.705. The zero-order chi connectivity index (χ0) is 22.7. The summed E-state index contributed by atoms with van der Waals surface area (Å²) < 4.78 is 29.6. The predicted molar refractivity (Wildman–Crippen MR) is 120 cm³/mol. The summed E-state index contributed by atoms with van der Waals surface area (Å²) in [6, 6.07) is 8.44. The molecule has 166 valence electrons. The van der Waals surface area contributed by atoms with E-state index in [0.29, 0.717) is 36.4 Å². The maximum absolute atomic E-state index is 14.9. The van der Waals surface area contributed by atoms with Gasteiger partial charge in [0.25, 0.3) is 5.91 Å². The molecule has 0 atom stereocenters. The van der Waals surface area contributed by atoms with Crippen molar-refractivity contribution >= 4 is 28.7 Å². The zero-order valence-electron chi connectivity index (χ0n) is 17.6. The molecule has 3 aromatic rings. The lowest BCUT2D eigenvalue weighted by Gasteiger charge is -2.30. The van der Waals surface area contributed by atoms with Crippen molar-refractivity contribution in [1.82, 2.24) is 15.3 Å². The lowest BCUT2D eigenvalue weighted by molar-refractivity contribution is 0.0953. The van der Waals surface area contributed by atoms with Gasteiger partial charge in [-0.05, 0) is 36.8 Å². The molecule has 1 amide bonds. The van der Waals surface area contributed by atoms with E-state index < -0.39 is 17.2 Å². The minimum Gasteiger partial charge on any atom is -0.367 e. The maximum Gasteiger partial charge on any atom is 0.276 e. The van der Waals surface area contributed by atoms with Crippen molar-refractivity contribution in [3.63, 3.8) is 0 Å². The molecule has 1 fully saturated rings. The molecule has 0 aliphatic carbocycles. The monoisotopic (exact) mass is 439 g/mol. The third-order valence-electron chi connectivity index (χ3n) is 5.44. The molecule has 9 heteroatoms. The highest BCUT2D eigenvalue weighted by Gasteiger charge is 2.20. The first-order valence-corrected chi connectivity index (χ1v) is 10.4. The minimum absolute atomic E-state index is 0.134. The standard InChI is InChI=1S/C23H23F2N5O2/c1-2-29-14-18(23(32)28-27-13-15-3-5-16(24)6-4-15)22(31)17-11-19(25)21(12-20(17)29)30-9-7-26-8-10-30/h3-6,11-14,26H,2,7-10H2,1H3,(H,28,32)/b27-13+. The van der Waals surface area contributed by atoms with Crippen LogP contribution in [0.3, 0.4) is 0 Å². The number of nitrogens with zero attached hydrogens (tertiary/aromatic N) is 3. The number of benzene rings is 2. The Kier molecular flexibility index (Phi) is 6.27. The van der Waals surface area contributed by atoms with Gasteiger partial charge in [0.05, 0.1) is 17.4 Å². The van der Waals surface area contributed by atoms with E-state index in [9.17, 15) is 18.4 Å². The Bertz CT molecular complexity index is 1230. The van der Waals surface area contributed by atoms with Gasteiger partial charge in [-0.3, -0.25) is 9.59 Å². The van der Waals surface area contributed by atoms with Crippen LogP contribution in [0.5, 0.6) is 0 Å². The van der Waals surface area contributed by atoms with Crippen molar-refractivity contribution in [2.24, 2.45) is 5.10 Å². The fourth-order valence-corrected chi connectivity index (χ4v) is 3.75. The van der Waals surface area contributed by atoms with Crippen LogP contribution in [-0.2, 0) is 6.54 Å². The number of fused-ring (bicyclic) bond motifs is 1. The Labute approximate surface area is 183 Å². The number of anilines is 1. The Balaban J connectivity index is 1.66. The number of pyridine rings is 1. The van der Waals surface area contributed by atoms with E-state index in [1.807, 2.05) is 11.8 Å². The van der Waals surface area contributed by atoms with Gasteiger partial charge in [0, 0.05) is 44.3 Å². The number of rotatable bonds is 5. The number of carbonyl (C=O) groups is 1. The molecule has 1 aliphatic heterocycles. The molecular formula is C23H23F2N5O2. The molecule has 0 spiro atoms. The first-order valence-electron chi connectivity index (χ1n) is 10.4. The van der Waals surface area contributed by atoms with Gasteiger partial charge < -0.3 is 14.8 Å². The molecule has 7 nitrogen and oxygen atoms in total. The summed E-state index contributed by atoms with van der Waals surface area (Å²) in [6.45, 7) is 5.23. The Hall–Kier alpha value is -3.59. The van der Waals surface area contributed by atoms with Crippen LogP contribution in [0.2, 0.25) is 0 Å². The molecule has 0 unspecified atom stereocenters. The quantitative estimate of drug-likeness (QED) is 0.473. The van der Waals surface area contributed by atoms with Crippen molar-refractivity contribution in [2.75, 3.05) is 31.1 Å². The summed E-state index contributed by atoms with van der Waals surface area (Å²) in [5, 5.41) is 7.20. The molecule has 32 heavy (non-hydrogen) atoms. The van der Waals surface area contributed by atoms with E-state index in [1.54, 1.807) is 10.6 Å². The predicted octanol–water partition coefficient (Wildman–Crippen LogP) is 2.47. The number of halogens is 2. The van der Waals surface area contributed by atoms with Crippen LogP contribution in [0.1, 0.15) is 22.8 Å². The average molecular weight is 439 g/mol. The molecule has 2 aromatic carbocycles. The number of hydrogen-bond donors (Lipinski definition) is 2. The van der Waals surface area contributed by atoms with E-state index >= 15 is 0 Å². The summed E-state index contributed by atoms with van der Waals surface area (Å²) in [6.07, 6.45) is 2.81. The summed E-state index contributed by atoms with van der Waals surface area (Å²) in [5.74, 6) is -1.58. The number of hydrazone groups is 1. The molecule has 1 aliphatic rings. The maximum atomic E-state index is 14.9. The van der Waals surface area contributed by atoms with Crippen molar-refractivity contribution in [1.29, 1.82) is 0 Å². The number of hydrogen-bond acceptors (Lipinski definition) is 5. The number of nitrogens with one attached hydrogen (secondary N) is 2. The van der Waals surface area contributed by atoms with E-state index in [2.05, 4.69) is 15.8 Å². The van der Waals surface area contributed by atoms with Gasteiger partial charge in [-0.15, -0.1) is 0 Å². The first-order chi connectivity index (χ1) is 15.5. The number of piperazine rings is 1. The van der Waals surface area contributed by atoms with Crippen LogP contribution < -0.4 is 21.1 Å². The molecule has 4 rings (SSSR count). The second-order valence-electron chi connectivity index (χ2n) is 7.47. The van der Waals surface area contributed by atoms with Crippen LogP contribution in [0.25, 0.3) is 10.9 Å². The SMILES string of the molecule is CCn1cc(C(=O)N/N=C/c2ccc(F)cc2)c(=O)c2cc(F)c(N3CCNCC3)cc21.